The number of hydrogen-bond donors (Lipinski definition) is 2. The first-order valence-electron chi connectivity index (χ1n) is 11.5. The van der Waals surface area contributed by atoms with Gasteiger partial charge < -0.3 is 15.5 Å². The molecule has 0 atom stereocenters. The van der Waals surface area contributed by atoms with Crippen LogP contribution in [0.3, 0.4) is 0 Å². The van der Waals surface area contributed by atoms with E-state index in [0.29, 0.717) is 6.54 Å². The lowest BCUT2D eigenvalue weighted by Crippen LogP contribution is -2.53. The molecule has 1 heterocycles. The van der Waals surface area contributed by atoms with Crippen molar-refractivity contribution < 1.29 is 9.59 Å². The second-order valence-corrected chi connectivity index (χ2v) is 9.97. The van der Waals surface area contributed by atoms with Crippen molar-refractivity contribution in [1.29, 1.82) is 0 Å². The molecule has 4 saturated carbocycles. The number of nitrogens with zero attached hydrogens (tertiary/aromatic N) is 1. The molecule has 2 amide bonds. The number of carbonyl (C=O) groups is 2. The lowest BCUT2D eigenvalue weighted by molar-refractivity contribution is -0.146. The molecule has 1 aliphatic heterocycles. The van der Waals surface area contributed by atoms with Crippen LogP contribution in [0.4, 0.5) is 0 Å². The molecule has 164 valence electrons. The van der Waals surface area contributed by atoms with Crippen molar-refractivity contribution in [3.8, 4) is 0 Å². The summed E-state index contributed by atoms with van der Waals surface area (Å²) in [7, 11) is 0. The predicted molar refractivity (Wildman–Crippen MR) is 120 cm³/mol. The molecule has 5 aliphatic rings. The summed E-state index contributed by atoms with van der Waals surface area (Å²) in [5, 5.41) is 6.57. The van der Waals surface area contributed by atoms with E-state index >= 15 is 0 Å². The quantitative estimate of drug-likeness (QED) is 0.768. The molecule has 6 rings (SSSR count). The molecule has 4 bridgehead atoms. The van der Waals surface area contributed by atoms with Gasteiger partial charge in [-0.05, 0) is 86.9 Å². The normalized spacial score (nSPS) is 32.3. The van der Waals surface area contributed by atoms with Crippen molar-refractivity contribution in [1.82, 2.24) is 15.5 Å². The van der Waals surface area contributed by atoms with Crippen LogP contribution < -0.4 is 10.6 Å². The van der Waals surface area contributed by atoms with Crippen LogP contribution in [0.2, 0.25) is 0 Å². The third-order valence-electron chi connectivity index (χ3n) is 7.80. The van der Waals surface area contributed by atoms with E-state index in [-0.39, 0.29) is 29.6 Å². The van der Waals surface area contributed by atoms with Crippen molar-refractivity contribution in [3.63, 3.8) is 0 Å². The number of nitrogens with one attached hydrogen (secondary N) is 2. The summed E-state index contributed by atoms with van der Waals surface area (Å²) < 4.78 is 0. The van der Waals surface area contributed by atoms with Crippen LogP contribution >= 0.6 is 12.4 Å². The van der Waals surface area contributed by atoms with Gasteiger partial charge in [0.05, 0.1) is 0 Å². The molecule has 5 nitrogen and oxygen atoms in total. The van der Waals surface area contributed by atoms with Crippen LogP contribution in [0.5, 0.6) is 0 Å². The summed E-state index contributed by atoms with van der Waals surface area (Å²) in [6.45, 7) is 3.98. The highest BCUT2D eigenvalue weighted by Crippen LogP contribution is 2.60. The van der Waals surface area contributed by atoms with Gasteiger partial charge in [-0.25, -0.2) is 0 Å². The number of carbonyl (C=O) groups excluding carboxylic acids is 2. The Morgan fingerprint density at radius 2 is 1.60 bits per heavy atom. The van der Waals surface area contributed by atoms with Crippen molar-refractivity contribution in [3.05, 3.63) is 35.4 Å². The average molecular weight is 432 g/mol. The van der Waals surface area contributed by atoms with E-state index < -0.39 is 0 Å². The molecule has 0 radical (unpaired) electrons. The zero-order valence-corrected chi connectivity index (χ0v) is 18.5. The molecule has 1 saturated heterocycles. The summed E-state index contributed by atoms with van der Waals surface area (Å²) in [5.41, 5.74) is 1.71. The molecule has 0 aromatic heterocycles. The highest BCUT2D eigenvalue weighted by Gasteiger charge is 2.54. The van der Waals surface area contributed by atoms with Gasteiger partial charge >= 0.3 is 0 Å². The van der Waals surface area contributed by atoms with Crippen LogP contribution in [0.1, 0.15) is 60.9 Å². The minimum Gasteiger partial charge on any atom is -0.352 e. The number of rotatable bonds is 4. The Hall–Kier alpha value is -1.59. The summed E-state index contributed by atoms with van der Waals surface area (Å²) in [5.74, 6) is 2.73. The molecule has 0 unspecified atom stereocenters. The van der Waals surface area contributed by atoms with Gasteiger partial charge in [0.2, 0.25) is 5.91 Å². The first-order valence-corrected chi connectivity index (χ1v) is 11.5. The Kier molecular flexibility index (Phi) is 6.40. The largest absolute Gasteiger partial charge is 0.352 e. The zero-order chi connectivity index (χ0) is 19.8. The number of benzene rings is 1. The van der Waals surface area contributed by atoms with Gasteiger partial charge in [-0.1, -0.05) is 12.1 Å². The third kappa shape index (κ3) is 4.24. The fourth-order valence-corrected chi connectivity index (χ4v) is 6.76. The molecule has 1 aromatic rings. The van der Waals surface area contributed by atoms with E-state index in [0.717, 1.165) is 80.7 Å². The second kappa shape index (κ2) is 8.88. The van der Waals surface area contributed by atoms with Crippen LogP contribution in [0, 0.1) is 23.2 Å². The van der Waals surface area contributed by atoms with Crippen molar-refractivity contribution in [2.45, 2.75) is 51.5 Å². The van der Waals surface area contributed by atoms with Crippen LogP contribution in [0.15, 0.2) is 24.3 Å². The monoisotopic (exact) mass is 431 g/mol. The number of amides is 2. The zero-order valence-electron chi connectivity index (χ0n) is 17.7. The predicted octanol–water partition coefficient (Wildman–Crippen LogP) is 3.38. The van der Waals surface area contributed by atoms with Gasteiger partial charge in [0.1, 0.15) is 0 Å². The average Bonchev–Trinajstić information content (AvgIpc) is 3.00. The number of halogens is 1. The SMILES string of the molecule is Cl.O=C(c1ccc(CNC(=O)C23CC4CC(CC(C4)C2)C3)cc1)N1CCCNCC1. The lowest BCUT2D eigenvalue weighted by Gasteiger charge is -2.55. The minimum absolute atomic E-state index is 0. The Morgan fingerprint density at radius 3 is 2.23 bits per heavy atom. The van der Waals surface area contributed by atoms with E-state index in [1.54, 1.807) is 0 Å². The molecular formula is C24H34ClN3O2. The van der Waals surface area contributed by atoms with Gasteiger partial charge in [-0.2, -0.15) is 0 Å². The Morgan fingerprint density at radius 1 is 0.967 bits per heavy atom. The Labute approximate surface area is 185 Å². The first kappa shape index (κ1) is 21.6. The van der Waals surface area contributed by atoms with E-state index in [2.05, 4.69) is 10.6 Å². The minimum atomic E-state index is -0.0918. The fraction of sp³-hybridized carbons (Fsp3) is 0.667. The molecule has 30 heavy (non-hydrogen) atoms. The molecule has 2 N–H and O–H groups in total. The van der Waals surface area contributed by atoms with E-state index in [1.807, 2.05) is 29.2 Å². The van der Waals surface area contributed by atoms with Crippen molar-refractivity contribution in [2.75, 3.05) is 26.2 Å². The maximum absolute atomic E-state index is 13.1. The molecule has 6 heteroatoms. The molecule has 0 spiro atoms. The topological polar surface area (TPSA) is 61.4 Å². The Bertz CT molecular complexity index is 736. The first-order chi connectivity index (χ1) is 14.1. The van der Waals surface area contributed by atoms with E-state index in [1.165, 1.54) is 19.3 Å². The molecular weight excluding hydrogens is 398 g/mol. The van der Waals surface area contributed by atoms with Crippen LogP contribution in [-0.4, -0.2) is 42.9 Å². The van der Waals surface area contributed by atoms with Crippen molar-refractivity contribution in [2.24, 2.45) is 23.2 Å². The summed E-state index contributed by atoms with van der Waals surface area (Å²) in [4.78, 5) is 27.8. The summed E-state index contributed by atoms with van der Waals surface area (Å²) >= 11 is 0. The summed E-state index contributed by atoms with van der Waals surface area (Å²) in [6, 6.07) is 7.80. The molecule has 1 aromatic carbocycles. The van der Waals surface area contributed by atoms with Gasteiger partial charge in [0.15, 0.2) is 0 Å². The van der Waals surface area contributed by atoms with Crippen LogP contribution in [0.25, 0.3) is 0 Å². The van der Waals surface area contributed by atoms with E-state index in [4.69, 9.17) is 0 Å². The van der Waals surface area contributed by atoms with Gasteiger partial charge in [0, 0.05) is 37.2 Å². The van der Waals surface area contributed by atoms with E-state index in [9.17, 15) is 9.59 Å². The van der Waals surface area contributed by atoms with Gasteiger partial charge in [0.25, 0.3) is 5.91 Å². The third-order valence-corrected chi connectivity index (χ3v) is 7.80. The fourth-order valence-electron chi connectivity index (χ4n) is 6.76. The maximum atomic E-state index is 13.1. The highest BCUT2D eigenvalue weighted by molar-refractivity contribution is 5.94. The lowest BCUT2D eigenvalue weighted by atomic mass is 9.49. The van der Waals surface area contributed by atoms with Crippen LogP contribution in [-0.2, 0) is 11.3 Å². The van der Waals surface area contributed by atoms with Crippen molar-refractivity contribution >= 4 is 24.2 Å². The smallest absolute Gasteiger partial charge is 0.253 e. The molecule has 4 aliphatic carbocycles. The Balaban J connectivity index is 0.00000218. The number of hydrogen-bond acceptors (Lipinski definition) is 3. The standard InChI is InChI=1S/C24H33N3O2.ClH/c28-22(27-8-1-6-25-7-9-27)21-4-2-17(3-5-21)16-26-23(29)24-13-18-10-19(14-24)12-20(11-18)15-24;/h2-5,18-20,25H,1,6-16H2,(H,26,29);1H. The summed E-state index contributed by atoms with van der Waals surface area (Å²) in [6.07, 6.45) is 8.37. The van der Waals surface area contributed by atoms with Gasteiger partial charge in [-0.15, -0.1) is 12.4 Å². The maximum Gasteiger partial charge on any atom is 0.253 e. The highest BCUT2D eigenvalue weighted by atomic mass is 35.5. The second-order valence-electron chi connectivity index (χ2n) is 9.97. The molecule has 5 fully saturated rings. The van der Waals surface area contributed by atoms with Gasteiger partial charge in [-0.3, -0.25) is 9.59 Å².